The number of hydrogen-bond acceptors (Lipinski definition) is 5. The number of likely N-dealkylation sites (N-methyl/N-ethyl adjacent to an activating group) is 1. The highest BCUT2D eigenvalue weighted by molar-refractivity contribution is 7.89. The number of pyridine rings is 1. The van der Waals surface area contributed by atoms with Crippen molar-refractivity contribution >= 4 is 15.9 Å². The van der Waals surface area contributed by atoms with Crippen molar-refractivity contribution in [2.24, 2.45) is 0 Å². The van der Waals surface area contributed by atoms with E-state index in [0.29, 0.717) is 31.7 Å². The van der Waals surface area contributed by atoms with Crippen molar-refractivity contribution in [3.05, 3.63) is 95.8 Å². The third-order valence-corrected chi connectivity index (χ3v) is 7.54. The summed E-state index contributed by atoms with van der Waals surface area (Å²) in [7, 11) is -1.68. The average Bonchev–Trinajstić information content (AvgIpc) is 2.84. The lowest BCUT2D eigenvalue weighted by Crippen LogP contribution is -2.47. The number of nitrogens with zero attached hydrogens (tertiary/aromatic N) is 3. The van der Waals surface area contributed by atoms with E-state index in [1.54, 1.807) is 30.6 Å². The van der Waals surface area contributed by atoms with E-state index >= 15 is 0 Å². The maximum Gasteiger partial charge on any atom is 0.252 e. The van der Waals surface area contributed by atoms with Crippen molar-refractivity contribution in [1.29, 1.82) is 0 Å². The Balaban J connectivity index is 1.59. The zero-order valence-corrected chi connectivity index (χ0v) is 18.7. The molecule has 7 nitrogen and oxygen atoms in total. The normalized spacial score (nSPS) is 16.4. The first-order valence-corrected chi connectivity index (χ1v) is 11.9. The lowest BCUT2D eigenvalue weighted by atomic mass is 9.99. The standard InChI is InChI=1S/C24H26N4O3S/c1-27-14-16-28(17-15-27)32(30,31)22-9-5-8-21(18-22)24(29)26-23(19-6-3-2-4-7-19)20-10-12-25-13-11-20/h2-13,18,23H,14-17H2,1H3,(H,26,29). The van der Waals surface area contributed by atoms with Crippen LogP contribution < -0.4 is 5.32 Å². The summed E-state index contributed by atoms with van der Waals surface area (Å²) < 4.78 is 27.7. The summed E-state index contributed by atoms with van der Waals surface area (Å²) in [5.74, 6) is -0.342. The largest absolute Gasteiger partial charge is 0.341 e. The second kappa shape index (κ2) is 9.60. The van der Waals surface area contributed by atoms with Gasteiger partial charge in [0.05, 0.1) is 10.9 Å². The Bertz CT molecular complexity index is 1120. The van der Waals surface area contributed by atoms with Crippen LogP contribution in [0.3, 0.4) is 0 Å². The minimum absolute atomic E-state index is 0.134. The number of carbonyl (C=O) groups excluding carboxylic acids is 1. The maximum atomic E-state index is 13.2. The van der Waals surface area contributed by atoms with Gasteiger partial charge in [-0.2, -0.15) is 4.31 Å². The predicted octanol–water partition coefficient (Wildman–Crippen LogP) is 2.54. The van der Waals surface area contributed by atoms with Gasteiger partial charge in [0.2, 0.25) is 10.0 Å². The average molecular weight is 451 g/mol. The Hall–Kier alpha value is -3.07. The second-order valence-electron chi connectivity index (χ2n) is 7.83. The molecular formula is C24H26N4O3S. The van der Waals surface area contributed by atoms with Crippen LogP contribution in [-0.4, -0.2) is 61.7 Å². The highest BCUT2D eigenvalue weighted by atomic mass is 32.2. The van der Waals surface area contributed by atoms with E-state index in [1.165, 1.54) is 10.4 Å². The molecule has 0 saturated carbocycles. The van der Waals surface area contributed by atoms with Gasteiger partial charge in [-0.1, -0.05) is 36.4 Å². The van der Waals surface area contributed by atoms with Crippen LogP contribution in [-0.2, 0) is 10.0 Å². The third-order valence-electron chi connectivity index (χ3n) is 5.64. The second-order valence-corrected chi connectivity index (χ2v) is 9.77. The van der Waals surface area contributed by atoms with Gasteiger partial charge in [-0.25, -0.2) is 8.42 Å². The number of hydrogen-bond donors (Lipinski definition) is 1. The van der Waals surface area contributed by atoms with Crippen LogP contribution in [0.4, 0.5) is 0 Å². The smallest absolute Gasteiger partial charge is 0.252 e. The van der Waals surface area contributed by atoms with Crippen molar-refractivity contribution in [2.45, 2.75) is 10.9 Å². The molecule has 0 spiro atoms. The summed E-state index contributed by atoms with van der Waals surface area (Å²) in [5.41, 5.74) is 2.12. The van der Waals surface area contributed by atoms with E-state index in [2.05, 4.69) is 15.2 Å². The molecule has 4 rings (SSSR count). The number of amides is 1. The molecule has 32 heavy (non-hydrogen) atoms. The molecule has 0 bridgehead atoms. The van der Waals surface area contributed by atoms with Gasteiger partial charge in [0, 0.05) is 44.1 Å². The molecule has 2 aromatic carbocycles. The lowest BCUT2D eigenvalue weighted by Gasteiger charge is -2.31. The number of carbonyl (C=O) groups is 1. The molecule has 8 heteroatoms. The fourth-order valence-electron chi connectivity index (χ4n) is 3.75. The predicted molar refractivity (Wildman–Crippen MR) is 123 cm³/mol. The zero-order chi connectivity index (χ0) is 22.6. The Morgan fingerprint density at radius 3 is 2.25 bits per heavy atom. The molecule has 0 aliphatic carbocycles. The molecular weight excluding hydrogens is 424 g/mol. The molecule has 2 heterocycles. The SMILES string of the molecule is CN1CCN(S(=O)(=O)c2cccc(C(=O)NC(c3ccccc3)c3ccncc3)c2)CC1. The Morgan fingerprint density at radius 2 is 1.56 bits per heavy atom. The summed E-state index contributed by atoms with van der Waals surface area (Å²) in [6.07, 6.45) is 3.36. The number of piperazine rings is 1. The molecule has 1 fully saturated rings. The first-order chi connectivity index (χ1) is 15.4. The highest BCUT2D eigenvalue weighted by Crippen LogP contribution is 2.23. The number of rotatable bonds is 6. The Morgan fingerprint density at radius 1 is 0.906 bits per heavy atom. The Labute approximate surface area is 188 Å². The van der Waals surface area contributed by atoms with E-state index in [9.17, 15) is 13.2 Å². The van der Waals surface area contributed by atoms with Crippen LogP contribution in [0.25, 0.3) is 0 Å². The number of aromatic nitrogens is 1. The molecule has 1 N–H and O–H groups in total. The van der Waals surface area contributed by atoms with Gasteiger partial charge in [-0.05, 0) is 48.5 Å². The van der Waals surface area contributed by atoms with Crippen LogP contribution in [0.15, 0.2) is 84.0 Å². The van der Waals surface area contributed by atoms with Crippen molar-refractivity contribution in [3.8, 4) is 0 Å². The minimum atomic E-state index is -3.66. The lowest BCUT2D eigenvalue weighted by molar-refractivity contribution is 0.0942. The van der Waals surface area contributed by atoms with Gasteiger partial charge in [0.1, 0.15) is 0 Å². The summed E-state index contributed by atoms with van der Waals surface area (Å²) in [6.45, 7) is 2.24. The van der Waals surface area contributed by atoms with Crippen LogP contribution in [0.5, 0.6) is 0 Å². The van der Waals surface area contributed by atoms with Crippen molar-refractivity contribution in [3.63, 3.8) is 0 Å². The van der Waals surface area contributed by atoms with E-state index in [-0.39, 0.29) is 16.8 Å². The van der Waals surface area contributed by atoms with Gasteiger partial charge < -0.3 is 10.2 Å². The van der Waals surface area contributed by atoms with E-state index in [0.717, 1.165) is 11.1 Å². The molecule has 1 unspecified atom stereocenters. The third kappa shape index (κ3) is 4.88. The van der Waals surface area contributed by atoms with Gasteiger partial charge in [0.25, 0.3) is 5.91 Å². The molecule has 1 amide bonds. The molecule has 1 atom stereocenters. The monoisotopic (exact) mass is 450 g/mol. The van der Waals surface area contributed by atoms with Gasteiger partial charge in [-0.15, -0.1) is 0 Å². The first kappa shape index (κ1) is 22.1. The van der Waals surface area contributed by atoms with E-state index in [4.69, 9.17) is 0 Å². The van der Waals surface area contributed by atoms with Crippen LogP contribution in [0, 0.1) is 0 Å². The van der Waals surface area contributed by atoms with Gasteiger partial charge >= 0.3 is 0 Å². The minimum Gasteiger partial charge on any atom is -0.341 e. The summed E-state index contributed by atoms with van der Waals surface area (Å²) in [5, 5.41) is 3.05. The molecule has 166 valence electrons. The first-order valence-electron chi connectivity index (χ1n) is 10.5. The van der Waals surface area contributed by atoms with Crippen molar-refractivity contribution in [1.82, 2.24) is 19.5 Å². The van der Waals surface area contributed by atoms with E-state index in [1.807, 2.05) is 49.5 Å². The number of benzene rings is 2. The van der Waals surface area contributed by atoms with Crippen LogP contribution in [0.2, 0.25) is 0 Å². The fraction of sp³-hybridized carbons (Fsp3) is 0.250. The molecule has 1 saturated heterocycles. The summed E-state index contributed by atoms with van der Waals surface area (Å²) in [4.78, 5) is 19.4. The molecule has 1 aliphatic rings. The highest BCUT2D eigenvalue weighted by Gasteiger charge is 2.28. The number of sulfonamides is 1. The quantitative estimate of drug-likeness (QED) is 0.624. The molecule has 1 aromatic heterocycles. The summed E-state index contributed by atoms with van der Waals surface area (Å²) in [6, 6.07) is 19.2. The summed E-state index contributed by atoms with van der Waals surface area (Å²) >= 11 is 0. The van der Waals surface area contributed by atoms with Crippen LogP contribution in [0.1, 0.15) is 27.5 Å². The molecule has 3 aromatic rings. The fourth-order valence-corrected chi connectivity index (χ4v) is 5.22. The molecule has 0 radical (unpaired) electrons. The van der Waals surface area contributed by atoms with Crippen molar-refractivity contribution in [2.75, 3.05) is 33.2 Å². The van der Waals surface area contributed by atoms with Crippen LogP contribution >= 0.6 is 0 Å². The van der Waals surface area contributed by atoms with E-state index < -0.39 is 10.0 Å². The van der Waals surface area contributed by atoms with Crippen molar-refractivity contribution < 1.29 is 13.2 Å². The van der Waals surface area contributed by atoms with Gasteiger partial charge in [0.15, 0.2) is 0 Å². The zero-order valence-electron chi connectivity index (χ0n) is 17.9. The maximum absolute atomic E-state index is 13.2. The molecule has 1 aliphatic heterocycles. The topological polar surface area (TPSA) is 82.6 Å². The van der Waals surface area contributed by atoms with Gasteiger partial charge in [-0.3, -0.25) is 9.78 Å². The Kier molecular flexibility index (Phi) is 6.64. The number of nitrogens with one attached hydrogen (secondary N) is 1.